The van der Waals surface area contributed by atoms with Gasteiger partial charge in [-0.25, -0.2) is 24.0 Å². The third-order valence-electron chi connectivity index (χ3n) is 4.51. The molecule has 1 saturated heterocycles. The number of ether oxygens (including phenoxy) is 2. The predicted octanol–water partition coefficient (Wildman–Crippen LogP) is 2.55. The molecule has 1 fully saturated rings. The van der Waals surface area contributed by atoms with Crippen LogP contribution in [0.25, 0.3) is 0 Å². The molecule has 1 aromatic rings. The van der Waals surface area contributed by atoms with Crippen LogP contribution in [0.4, 0.5) is 4.79 Å². The minimum Gasteiger partial charge on any atom is -0.428 e. The lowest BCUT2D eigenvalue weighted by atomic mass is 9.98. The van der Waals surface area contributed by atoms with Crippen LogP contribution in [0.5, 0.6) is 5.75 Å². The molecule has 0 N–H and O–H groups in total. The van der Waals surface area contributed by atoms with Gasteiger partial charge in [-0.3, -0.25) is 14.4 Å². The van der Waals surface area contributed by atoms with E-state index in [0.717, 1.165) is 0 Å². The van der Waals surface area contributed by atoms with Gasteiger partial charge < -0.3 is 19.1 Å². The summed E-state index contributed by atoms with van der Waals surface area (Å²) >= 11 is 0. The SMILES string of the molecule is CC(C)(C)C(=O)ON(OCC(=O)Oc1ccc(COC(=O)ON2C(=O)CCC2=O)cc1)OC(=O)C(C)(C)C. The summed E-state index contributed by atoms with van der Waals surface area (Å²) in [7, 11) is 0. The zero-order valence-corrected chi connectivity index (χ0v) is 21.9. The summed E-state index contributed by atoms with van der Waals surface area (Å²) in [6.45, 7) is 8.39. The highest BCUT2D eigenvalue weighted by Gasteiger charge is 2.34. The number of hydrogen-bond donors (Lipinski definition) is 0. The molecule has 208 valence electrons. The van der Waals surface area contributed by atoms with E-state index >= 15 is 0 Å². The maximum Gasteiger partial charge on any atom is 0.534 e. The van der Waals surface area contributed by atoms with Crippen LogP contribution in [0.3, 0.4) is 0 Å². The van der Waals surface area contributed by atoms with E-state index in [-0.39, 0.29) is 30.6 Å². The Kier molecular flexibility index (Phi) is 9.91. The third-order valence-corrected chi connectivity index (χ3v) is 4.51. The Bertz CT molecular complexity index is 1030. The van der Waals surface area contributed by atoms with E-state index in [2.05, 4.69) is 4.84 Å². The zero-order valence-electron chi connectivity index (χ0n) is 21.9. The first-order valence-electron chi connectivity index (χ1n) is 11.4. The summed E-state index contributed by atoms with van der Waals surface area (Å²) in [6.07, 6.45) is -1.32. The van der Waals surface area contributed by atoms with Gasteiger partial charge in [0.25, 0.3) is 11.8 Å². The second-order valence-corrected chi connectivity index (χ2v) is 10.1. The Labute approximate surface area is 218 Å². The molecule has 0 aliphatic carbocycles. The van der Waals surface area contributed by atoms with Crippen LogP contribution in [0, 0.1) is 10.8 Å². The molecule has 1 aliphatic rings. The first kappa shape index (κ1) is 30.2. The fraction of sp³-hybridized carbons (Fsp3) is 0.500. The van der Waals surface area contributed by atoms with Crippen molar-refractivity contribution in [2.75, 3.05) is 6.61 Å². The number of esters is 1. The number of amides is 2. The van der Waals surface area contributed by atoms with E-state index < -0.39 is 53.3 Å². The Morgan fingerprint density at radius 2 is 1.34 bits per heavy atom. The highest BCUT2D eigenvalue weighted by molar-refractivity contribution is 6.01. The molecule has 38 heavy (non-hydrogen) atoms. The van der Waals surface area contributed by atoms with Gasteiger partial charge in [0.2, 0.25) is 0 Å². The maximum atomic E-state index is 12.2. The van der Waals surface area contributed by atoms with Crippen molar-refractivity contribution in [3.63, 3.8) is 0 Å². The predicted molar refractivity (Wildman–Crippen MR) is 123 cm³/mol. The molecule has 0 bridgehead atoms. The van der Waals surface area contributed by atoms with Crippen LogP contribution in [-0.2, 0) is 54.7 Å². The molecule has 0 atom stereocenters. The number of benzene rings is 1. The highest BCUT2D eigenvalue weighted by atomic mass is 17.2. The Morgan fingerprint density at radius 3 is 1.82 bits per heavy atom. The summed E-state index contributed by atoms with van der Waals surface area (Å²) in [5, 5.41) is 0.535. The Hall–Kier alpha value is -4.04. The van der Waals surface area contributed by atoms with Crippen LogP contribution >= 0.6 is 0 Å². The van der Waals surface area contributed by atoms with Gasteiger partial charge in [-0.05, 0) is 59.2 Å². The monoisotopic (exact) mass is 538 g/mol. The first-order valence-corrected chi connectivity index (χ1v) is 11.4. The molecular weight excluding hydrogens is 508 g/mol. The fourth-order valence-electron chi connectivity index (χ4n) is 2.30. The van der Waals surface area contributed by atoms with Gasteiger partial charge in [0.15, 0.2) is 12.0 Å². The number of imide groups is 1. The third kappa shape index (κ3) is 9.44. The molecule has 0 saturated carbocycles. The van der Waals surface area contributed by atoms with E-state index in [1.54, 1.807) is 41.5 Å². The van der Waals surface area contributed by atoms with Crippen LogP contribution in [0.15, 0.2) is 24.3 Å². The van der Waals surface area contributed by atoms with Gasteiger partial charge in [-0.15, -0.1) is 0 Å². The number of rotatable bonds is 9. The van der Waals surface area contributed by atoms with E-state index in [1.165, 1.54) is 24.3 Å². The molecule has 1 aliphatic heterocycles. The van der Waals surface area contributed by atoms with Gasteiger partial charge in [0.1, 0.15) is 12.4 Å². The summed E-state index contributed by atoms with van der Waals surface area (Å²) in [5.74, 6) is -3.65. The van der Waals surface area contributed by atoms with Crippen molar-refractivity contribution in [2.24, 2.45) is 10.8 Å². The largest absolute Gasteiger partial charge is 0.534 e. The zero-order chi connectivity index (χ0) is 28.7. The summed E-state index contributed by atoms with van der Waals surface area (Å²) in [4.78, 5) is 90.6. The van der Waals surface area contributed by atoms with E-state index in [0.29, 0.717) is 10.6 Å². The van der Waals surface area contributed by atoms with Crippen LogP contribution in [-0.4, -0.2) is 52.9 Å². The van der Waals surface area contributed by atoms with Crippen molar-refractivity contribution in [2.45, 2.75) is 61.0 Å². The standard InChI is InChI=1S/C24H30N2O12/c1-23(2,3)20(30)36-26(37-21(31)24(4,5)6)34-14-19(29)35-16-9-7-15(8-10-16)13-33-22(32)38-25-17(27)11-12-18(25)28/h7-10H,11-14H2,1-6H3. The number of carbonyl (C=O) groups excluding carboxylic acids is 6. The molecule has 14 heteroatoms. The normalized spacial score (nSPS) is 13.8. The molecule has 14 nitrogen and oxygen atoms in total. The summed E-state index contributed by atoms with van der Waals surface area (Å²) < 4.78 is 9.98. The number of nitrogens with zero attached hydrogens (tertiary/aromatic N) is 2. The minimum absolute atomic E-state index is 0.0422. The average Bonchev–Trinajstić information content (AvgIpc) is 3.12. The second-order valence-electron chi connectivity index (χ2n) is 10.1. The number of hydrogen-bond acceptors (Lipinski definition) is 13. The molecule has 0 radical (unpaired) electrons. The van der Waals surface area contributed by atoms with Gasteiger partial charge >= 0.3 is 24.1 Å². The first-order chi connectivity index (χ1) is 17.6. The van der Waals surface area contributed by atoms with E-state index in [9.17, 15) is 28.8 Å². The topological polar surface area (TPSA) is 164 Å². The van der Waals surface area contributed by atoms with Gasteiger partial charge in [-0.2, -0.15) is 0 Å². The van der Waals surface area contributed by atoms with Crippen LogP contribution < -0.4 is 4.74 Å². The minimum atomic E-state index is -1.23. The lowest BCUT2D eigenvalue weighted by Crippen LogP contribution is -2.39. The lowest BCUT2D eigenvalue weighted by Gasteiger charge is -2.24. The van der Waals surface area contributed by atoms with Crippen LogP contribution in [0.1, 0.15) is 59.9 Å². The van der Waals surface area contributed by atoms with Crippen molar-refractivity contribution in [3.05, 3.63) is 29.8 Å². The second kappa shape index (κ2) is 12.5. The van der Waals surface area contributed by atoms with Crippen molar-refractivity contribution in [3.8, 4) is 5.75 Å². The van der Waals surface area contributed by atoms with Crippen LogP contribution in [0.2, 0.25) is 0 Å². The van der Waals surface area contributed by atoms with Gasteiger partial charge in [0, 0.05) is 12.8 Å². The Balaban J connectivity index is 1.86. The molecule has 1 aromatic carbocycles. The molecule has 0 aromatic heterocycles. The number of carbonyl (C=O) groups is 6. The molecule has 0 spiro atoms. The summed E-state index contributed by atoms with van der Waals surface area (Å²) in [5.41, 5.74) is -1.44. The van der Waals surface area contributed by atoms with Crippen molar-refractivity contribution in [1.29, 1.82) is 0 Å². The van der Waals surface area contributed by atoms with Crippen molar-refractivity contribution >= 4 is 35.9 Å². The smallest absolute Gasteiger partial charge is 0.428 e. The molecular formula is C24H30N2O12. The molecule has 2 amide bonds. The Morgan fingerprint density at radius 1 is 0.842 bits per heavy atom. The maximum absolute atomic E-state index is 12.2. The van der Waals surface area contributed by atoms with Crippen molar-refractivity contribution in [1.82, 2.24) is 10.5 Å². The van der Waals surface area contributed by atoms with Gasteiger partial charge in [0.05, 0.1) is 10.8 Å². The average molecular weight is 539 g/mol. The fourth-order valence-corrected chi connectivity index (χ4v) is 2.30. The lowest BCUT2D eigenvalue weighted by molar-refractivity contribution is -0.486. The van der Waals surface area contributed by atoms with Gasteiger partial charge in [-0.1, -0.05) is 17.2 Å². The highest BCUT2D eigenvalue weighted by Crippen LogP contribution is 2.20. The van der Waals surface area contributed by atoms with Crippen molar-refractivity contribution < 1.29 is 57.6 Å². The number of hydroxylamine groups is 2. The molecule has 2 rings (SSSR count). The summed E-state index contributed by atoms with van der Waals surface area (Å²) in [6, 6.07) is 5.75. The van der Waals surface area contributed by atoms with E-state index in [4.69, 9.17) is 24.0 Å². The van der Waals surface area contributed by atoms with E-state index in [1.807, 2.05) is 0 Å². The molecule has 1 heterocycles. The quantitative estimate of drug-likeness (QED) is 0.195. The molecule has 0 unspecified atom stereocenters.